The number of thiophene rings is 1. The molecule has 0 amide bonds. The van der Waals surface area contributed by atoms with Gasteiger partial charge in [-0.1, -0.05) is 30.3 Å². The van der Waals surface area contributed by atoms with E-state index in [1.54, 1.807) is 36.4 Å². The molecule has 7 heteroatoms. The van der Waals surface area contributed by atoms with Crippen molar-refractivity contribution in [3.8, 4) is 0 Å². The summed E-state index contributed by atoms with van der Waals surface area (Å²) < 4.78 is 5.78. The van der Waals surface area contributed by atoms with Gasteiger partial charge in [0.05, 0.1) is 4.92 Å². The summed E-state index contributed by atoms with van der Waals surface area (Å²) in [5.41, 5.74) is 0.428. The van der Waals surface area contributed by atoms with Crippen molar-refractivity contribution in [2.75, 3.05) is 6.61 Å². The van der Waals surface area contributed by atoms with Crippen molar-refractivity contribution in [2.24, 2.45) is 0 Å². The fraction of sp³-hybridized carbons (Fsp3) is 0.0588. The molecule has 3 rings (SSSR count). The number of non-ortho nitro benzene ring substituents is 1. The molecule has 0 unspecified atom stereocenters. The van der Waals surface area contributed by atoms with Gasteiger partial charge in [0.1, 0.15) is 4.88 Å². The molecule has 0 N–H and O–H groups in total. The topological polar surface area (TPSA) is 86.5 Å². The Morgan fingerprint density at radius 2 is 1.83 bits per heavy atom. The molecule has 1 heterocycles. The highest BCUT2D eigenvalue weighted by molar-refractivity contribution is 7.20. The molecule has 1 aromatic heterocycles. The van der Waals surface area contributed by atoms with Gasteiger partial charge in [-0.3, -0.25) is 14.9 Å². The first kappa shape index (κ1) is 15.8. The Morgan fingerprint density at radius 3 is 2.54 bits per heavy atom. The van der Waals surface area contributed by atoms with Gasteiger partial charge >= 0.3 is 5.97 Å². The van der Waals surface area contributed by atoms with Crippen molar-refractivity contribution in [2.45, 2.75) is 0 Å². The minimum absolute atomic E-state index is 0.0422. The summed E-state index contributed by atoms with van der Waals surface area (Å²) in [6.45, 7) is -0.350. The van der Waals surface area contributed by atoms with Crippen LogP contribution >= 0.6 is 11.3 Å². The quantitative estimate of drug-likeness (QED) is 0.304. The van der Waals surface area contributed by atoms with Crippen LogP contribution in [0, 0.1) is 10.1 Å². The van der Waals surface area contributed by atoms with Gasteiger partial charge in [0.15, 0.2) is 12.4 Å². The largest absolute Gasteiger partial charge is 0.453 e. The molecule has 0 saturated heterocycles. The lowest BCUT2D eigenvalue weighted by Crippen LogP contribution is -2.13. The molecule has 120 valence electrons. The van der Waals surface area contributed by atoms with E-state index in [1.807, 2.05) is 0 Å². The zero-order valence-corrected chi connectivity index (χ0v) is 13.1. The number of nitro benzene ring substituents is 1. The molecule has 0 spiro atoms. The van der Waals surface area contributed by atoms with Gasteiger partial charge in [0.25, 0.3) is 5.69 Å². The molecule has 0 saturated carbocycles. The van der Waals surface area contributed by atoms with E-state index in [4.69, 9.17) is 4.74 Å². The van der Waals surface area contributed by atoms with Crippen LogP contribution in [0.3, 0.4) is 0 Å². The van der Waals surface area contributed by atoms with Crippen molar-refractivity contribution in [1.29, 1.82) is 0 Å². The number of hydrogen-bond donors (Lipinski definition) is 0. The Balaban J connectivity index is 1.72. The predicted octanol–water partition coefficient (Wildman–Crippen LogP) is 3.85. The van der Waals surface area contributed by atoms with Gasteiger partial charge in [0, 0.05) is 27.8 Å². The summed E-state index contributed by atoms with van der Waals surface area (Å²) in [5.74, 6) is -0.913. The van der Waals surface area contributed by atoms with Crippen LogP contribution in [0.25, 0.3) is 10.1 Å². The number of rotatable bonds is 5. The summed E-state index contributed by atoms with van der Waals surface area (Å²) in [5, 5.41) is 11.4. The lowest BCUT2D eigenvalue weighted by Gasteiger charge is -2.02. The zero-order valence-electron chi connectivity index (χ0n) is 12.3. The highest BCUT2D eigenvalue weighted by Gasteiger charge is 2.16. The number of fused-ring (bicyclic) bond motifs is 1. The number of carbonyl (C=O) groups is 2. The summed E-state index contributed by atoms with van der Waals surface area (Å²) in [6, 6.07) is 14.4. The maximum Gasteiger partial charge on any atom is 0.348 e. The Morgan fingerprint density at radius 1 is 1.08 bits per heavy atom. The van der Waals surface area contributed by atoms with Crippen LogP contribution in [0.4, 0.5) is 5.69 Å². The number of Topliss-reactive ketones (excluding diaryl/α,β-unsaturated/α-hetero) is 1. The second-order valence-corrected chi connectivity index (χ2v) is 6.04. The molecule has 0 aliphatic heterocycles. The summed E-state index contributed by atoms with van der Waals surface area (Å²) in [4.78, 5) is 34.6. The number of hydrogen-bond acceptors (Lipinski definition) is 6. The molecule has 24 heavy (non-hydrogen) atoms. The minimum Gasteiger partial charge on any atom is -0.453 e. The molecule has 0 aliphatic rings. The Bertz CT molecular complexity index is 933. The van der Waals surface area contributed by atoms with Crippen molar-refractivity contribution < 1.29 is 19.2 Å². The maximum atomic E-state index is 12.1. The first-order valence-electron chi connectivity index (χ1n) is 6.98. The van der Waals surface area contributed by atoms with E-state index in [1.165, 1.54) is 18.2 Å². The Kier molecular flexibility index (Phi) is 4.35. The molecule has 0 fully saturated rings. The number of esters is 1. The third-order valence-corrected chi connectivity index (χ3v) is 4.44. The van der Waals surface area contributed by atoms with E-state index in [9.17, 15) is 19.7 Å². The smallest absolute Gasteiger partial charge is 0.348 e. The molecular weight excluding hydrogens is 330 g/mol. The fourth-order valence-corrected chi connectivity index (χ4v) is 3.09. The van der Waals surface area contributed by atoms with E-state index in [-0.39, 0.29) is 18.1 Å². The number of benzene rings is 2. The van der Waals surface area contributed by atoms with Crippen LogP contribution in [0.1, 0.15) is 20.0 Å². The van der Waals surface area contributed by atoms with Crippen LogP contribution < -0.4 is 0 Å². The normalized spacial score (nSPS) is 10.5. The average molecular weight is 341 g/mol. The van der Waals surface area contributed by atoms with Crippen molar-refractivity contribution in [1.82, 2.24) is 0 Å². The molecular formula is C17H11NO5S. The average Bonchev–Trinajstić information content (AvgIpc) is 3.03. The summed E-state index contributed by atoms with van der Waals surface area (Å²) >= 11 is 1.16. The van der Waals surface area contributed by atoms with Gasteiger partial charge < -0.3 is 4.74 Å². The fourth-order valence-electron chi connectivity index (χ4n) is 2.15. The zero-order chi connectivity index (χ0) is 17.1. The number of carbonyl (C=O) groups excluding carboxylic acids is 2. The van der Waals surface area contributed by atoms with E-state index in [0.29, 0.717) is 15.8 Å². The van der Waals surface area contributed by atoms with E-state index in [0.717, 1.165) is 16.0 Å². The lowest BCUT2D eigenvalue weighted by atomic mass is 10.1. The van der Waals surface area contributed by atoms with Crippen LogP contribution in [-0.2, 0) is 4.74 Å². The molecule has 3 aromatic rings. The Labute approximate surface area is 140 Å². The van der Waals surface area contributed by atoms with Crippen molar-refractivity contribution >= 4 is 38.9 Å². The first-order chi connectivity index (χ1) is 11.5. The molecule has 6 nitrogen and oxygen atoms in total. The monoisotopic (exact) mass is 341 g/mol. The van der Waals surface area contributed by atoms with Crippen LogP contribution in [-0.4, -0.2) is 23.3 Å². The third kappa shape index (κ3) is 3.31. The maximum absolute atomic E-state index is 12.1. The van der Waals surface area contributed by atoms with E-state index < -0.39 is 10.9 Å². The third-order valence-electron chi connectivity index (χ3n) is 3.34. The van der Waals surface area contributed by atoms with Gasteiger partial charge in [-0.25, -0.2) is 4.79 Å². The SMILES string of the molecule is O=C(COC(=O)c1cc2cc([N+](=O)[O-])ccc2s1)c1ccccc1. The van der Waals surface area contributed by atoms with Crippen LogP contribution in [0.2, 0.25) is 0 Å². The number of nitro groups is 1. The van der Waals surface area contributed by atoms with Gasteiger partial charge in [-0.2, -0.15) is 0 Å². The van der Waals surface area contributed by atoms with E-state index >= 15 is 0 Å². The highest BCUT2D eigenvalue weighted by Crippen LogP contribution is 2.29. The highest BCUT2D eigenvalue weighted by atomic mass is 32.1. The van der Waals surface area contributed by atoms with Gasteiger partial charge in [-0.15, -0.1) is 11.3 Å². The second kappa shape index (κ2) is 6.59. The standard InChI is InChI=1S/C17H11NO5S/c19-14(11-4-2-1-3-5-11)10-23-17(20)16-9-12-8-13(18(21)22)6-7-15(12)24-16/h1-9H,10H2. The first-order valence-corrected chi connectivity index (χ1v) is 7.79. The summed E-state index contributed by atoms with van der Waals surface area (Å²) in [6.07, 6.45) is 0. The molecule has 0 aliphatic carbocycles. The molecule has 0 bridgehead atoms. The summed E-state index contributed by atoms with van der Waals surface area (Å²) in [7, 11) is 0. The number of ether oxygens (including phenoxy) is 1. The Hall–Kier alpha value is -3.06. The van der Waals surface area contributed by atoms with Crippen LogP contribution in [0.5, 0.6) is 0 Å². The number of ketones is 1. The molecule has 2 aromatic carbocycles. The van der Waals surface area contributed by atoms with E-state index in [2.05, 4.69) is 0 Å². The van der Waals surface area contributed by atoms with Crippen molar-refractivity contribution in [3.05, 3.63) is 75.2 Å². The molecule has 0 atom stereocenters. The minimum atomic E-state index is -0.622. The van der Waals surface area contributed by atoms with Gasteiger partial charge in [0.2, 0.25) is 0 Å². The lowest BCUT2D eigenvalue weighted by molar-refractivity contribution is -0.384. The van der Waals surface area contributed by atoms with Crippen molar-refractivity contribution in [3.63, 3.8) is 0 Å². The van der Waals surface area contributed by atoms with Crippen LogP contribution in [0.15, 0.2) is 54.6 Å². The molecule has 0 radical (unpaired) electrons. The second-order valence-electron chi connectivity index (χ2n) is 4.96. The van der Waals surface area contributed by atoms with Gasteiger partial charge in [-0.05, 0) is 12.1 Å². The number of nitrogens with zero attached hydrogens (tertiary/aromatic N) is 1. The predicted molar refractivity (Wildman–Crippen MR) is 89.5 cm³/mol.